The van der Waals surface area contributed by atoms with E-state index in [1.165, 1.54) is 0 Å². The molecule has 0 atom stereocenters. The molecule has 1 rings (SSSR count). The Hall–Kier alpha value is -0.700. The van der Waals surface area contributed by atoms with Crippen LogP contribution in [0.15, 0.2) is 4.21 Å². The molecule has 2 N–H and O–H groups in total. The van der Waals surface area contributed by atoms with Gasteiger partial charge in [0, 0.05) is 13.0 Å². The molecule has 1 heterocycles. The number of nitrogens with one attached hydrogen (secondary N) is 1. The second-order valence-electron chi connectivity index (χ2n) is 3.23. The third kappa shape index (κ3) is 4.23. The Kier molecular flexibility index (Phi) is 4.87. The van der Waals surface area contributed by atoms with E-state index in [9.17, 15) is 13.2 Å². The maximum Gasteiger partial charge on any atom is 0.303 e. The molecule has 17 heavy (non-hydrogen) atoms. The number of hydrogen-bond acceptors (Lipinski definition) is 5. The lowest BCUT2D eigenvalue weighted by Crippen LogP contribution is -2.25. The zero-order chi connectivity index (χ0) is 13.1. The average molecular weight is 299 g/mol. The topological polar surface area (TPSA) is 96.4 Å². The van der Waals surface area contributed by atoms with E-state index >= 15 is 0 Å². The molecule has 0 saturated heterocycles. The Bertz CT molecular complexity index is 512. The van der Waals surface area contributed by atoms with Crippen LogP contribution in [0, 0.1) is 6.92 Å². The molecule has 0 radical (unpaired) electrons. The van der Waals surface area contributed by atoms with Gasteiger partial charge in [0.1, 0.15) is 0 Å². The number of nitrogens with zero attached hydrogens (tertiary/aromatic N) is 1. The number of carboxylic acids is 1. The van der Waals surface area contributed by atoms with Crippen molar-refractivity contribution in [3.05, 3.63) is 10.2 Å². The molecule has 9 heteroatoms. The maximum atomic E-state index is 11.8. The van der Waals surface area contributed by atoms with Gasteiger partial charge in [0.05, 0.1) is 5.69 Å². The zero-order valence-corrected chi connectivity index (χ0v) is 11.3. The van der Waals surface area contributed by atoms with Crippen molar-refractivity contribution < 1.29 is 18.3 Å². The van der Waals surface area contributed by atoms with Gasteiger partial charge in [-0.05, 0) is 13.3 Å². The first-order chi connectivity index (χ1) is 7.83. The Morgan fingerprint density at radius 1 is 1.59 bits per heavy atom. The van der Waals surface area contributed by atoms with E-state index in [1.807, 2.05) is 0 Å². The van der Waals surface area contributed by atoms with Crippen LogP contribution < -0.4 is 4.72 Å². The van der Waals surface area contributed by atoms with Gasteiger partial charge in [-0.2, -0.15) is 0 Å². The highest BCUT2D eigenvalue weighted by molar-refractivity contribution is 7.91. The summed E-state index contributed by atoms with van der Waals surface area (Å²) < 4.78 is 26.1. The molecule has 0 amide bonds. The molecule has 0 unspecified atom stereocenters. The van der Waals surface area contributed by atoms with Crippen molar-refractivity contribution in [3.63, 3.8) is 0 Å². The zero-order valence-electron chi connectivity index (χ0n) is 8.93. The van der Waals surface area contributed by atoms with Gasteiger partial charge < -0.3 is 5.11 Å². The van der Waals surface area contributed by atoms with Crippen LogP contribution in [0.25, 0.3) is 0 Å². The van der Waals surface area contributed by atoms with Crippen molar-refractivity contribution >= 4 is 38.9 Å². The number of rotatable bonds is 6. The predicted octanol–water partition coefficient (Wildman–Crippen LogP) is 1.25. The molecule has 96 valence electrons. The summed E-state index contributed by atoms with van der Waals surface area (Å²) in [4.78, 5) is 14.1. The highest BCUT2D eigenvalue weighted by atomic mass is 35.5. The van der Waals surface area contributed by atoms with Gasteiger partial charge in [-0.1, -0.05) is 22.9 Å². The fourth-order valence-corrected chi connectivity index (χ4v) is 3.97. The van der Waals surface area contributed by atoms with Gasteiger partial charge >= 0.3 is 5.97 Å². The van der Waals surface area contributed by atoms with Gasteiger partial charge in [-0.3, -0.25) is 4.79 Å². The van der Waals surface area contributed by atoms with E-state index in [4.69, 9.17) is 16.7 Å². The molecule has 0 saturated carbocycles. The first-order valence-electron chi connectivity index (χ1n) is 4.67. The number of carboxylic acid groups (broad SMARTS) is 1. The maximum absolute atomic E-state index is 11.8. The summed E-state index contributed by atoms with van der Waals surface area (Å²) in [5, 5.41) is 8.40. The number of aryl methyl sites for hydroxylation is 1. The summed E-state index contributed by atoms with van der Waals surface area (Å²) in [5.41, 5.74) is 0.339. The van der Waals surface area contributed by atoms with Crippen molar-refractivity contribution in [2.75, 3.05) is 6.54 Å². The van der Waals surface area contributed by atoms with E-state index in [0.29, 0.717) is 5.69 Å². The number of aliphatic carboxylic acids is 1. The second kappa shape index (κ2) is 5.76. The highest BCUT2D eigenvalue weighted by Crippen LogP contribution is 2.26. The molecule has 1 aromatic rings. The lowest BCUT2D eigenvalue weighted by molar-refractivity contribution is -0.137. The quantitative estimate of drug-likeness (QED) is 0.770. The normalized spacial score (nSPS) is 11.6. The minimum atomic E-state index is -3.64. The van der Waals surface area contributed by atoms with Crippen molar-refractivity contribution in [1.82, 2.24) is 9.71 Å². The van der Waals surface area contributed by atoms with Crippen LogP contribution in [-0.4, -0.2) is 31.0 Å². The molecule has 0 aliphatic heterocycles. The molecule has 1 aromatic heterocycles. The first kappa shape index (κ1) is 14.4. The van der Waals surface area contributed by atoms with E-state index in [0.717, 1.165) is 11.3 Å². The Morgan fingerprint density at radius 2 is 2.24 bits per heavy atom. The lowest BCUT2D eigenvalue weighted by atomic mass is 10.3. The third-order valence-electron chi connectivity index (χ3n) is 1.83. The monoisotopic (exact) mass is 298 g/mol. The average Bonchev–Trinajstić information content (AvgIpc) is 2.53. The predicted molar refractivity (Wildman–Crippen MR) is 63.9 cm³/mol. The number of halogens is 1. The molecule has 0 spiro atoms. The summed E-state index contributed by atoms with van der Waals surface area (Å²) in [5.74, 6) is -0.957. The van der Waals surface area contributed by atoms with Crippen molar-refractivity contribution in [2.24, 2.45) is 0 Å². The minimum Gasteiger partial charge on any atom is -0.481 e. The molecular formula is C8H11ClN2O4S2. The van der Waals surface area contributed by atoms with Gasteiger partial charge in [0.2, 0.25) is 0 Å². The Morgan fingerprint density at radius 3 is 2.71 bits per heavy atom. The number of thiazole rings is 1. The van der Waals surface area contributed by atoms with Gasteiger partial charge in [0.25, 0.3) is 10.0 Å². The fourth-order valence-electron chi connectivity index (χ4n) is 1.11. The largest absolute Gasteiger partial charge is 0.481 e. The number of sulfonamides is 1. The standard InChI is InChI=1S/C8H11ClN2O4S2/c1-5-7(16-8(9)11-5)17(14,15)10-4-2-3-6(12)13/h10H,2-4H2,1H3,(H,12,13). The van der Waals surface area contributed by atoms with Crippen molar-refractivity contribution in [3.8, 4) is 0 Å². The first-order valence-corrected chi connectivity index (χ1v) is 7.35. The summed E-state index contributed by atoms with van der Waals surface area (Å²) >= 11 is 6.49. The molecule has 0 aliphatic rings. The van der Waals surface area contributed by atoms with Crippen molar-refractivity contribution in [2.45, 2.75) is 24.0 Å². The molecule has 0 aromatic carbocycles. The molecule has 0 aliphatic carbocycles. The van der Waals surface area contributed by atoms with Crippen LogP contribution in [0.3, 0.4) is 0 Å². The SMILES string of the molecule is Cc1nc(Cl)sc1S(=O)(=O)NCCCC(=O)O. The van der Waals surface area contributed by atoms with Crippen LogP contribution in [0.5, 0.6) is 0 Å². The molecular weight excluding hydrogens is 288 g/mol. The Labute approximate surface area is 108 Å². The smallest absolute Gasteiger partial charge is 0.303 e. The number of carbonyl (C=O) groups is 1. The van der Waals surface area contributed by atoms with Gasteiger partial charge in [-0.25, -0.2) is 18.1 Å². The lowest BCUT2D eigenvalue weighted by Gasteiger charge is -2.03. The highest BCUT2D eigenvalue weighted by Gasteiger charge is 2.20. The van der Waals surface area contributed by atoms with E-state index < -0.39 is 16.0 Å². The fraction of sp³-hybridized carbons (Fsp3) is 0.500. The van der Waals surface area contributed by atoms with Gasteiger partial charge in [0.15, 0.2) is 8.68 Å². The number of aromatic nitrogens is 1. The summed E-state index contributed by atoms with van der Waals surface area (Å²) in [6, 6.07) is 0. The van der Waals surface area contributed by atoms with Crippen LogP contribution in [0.1, 0.15) is 18.5 Å². The van der Waals surface area contributed by atoms with E-state index in [2.05, 4.69) is 9.71 Å². The Balaban J connectivity index is 2.63. The second-order valence-corrected chi connectivity index (χ2v) is 6.78. The number of hydrogen-bond donors (Lipinski definition) is 2. The van der Waals surface area contributed by atoms with Crippen LogP contribution in [0.2, 0.25) is 4.47 Å². The molecule has 0 bridgehead atoms. The van der Waals surface area contributed by atoms with Crippen LogP contribution in [0.4, 0.5) is 0 Å². The van der Waals surface area contributed by atoms with E-state index in [1.54, 1.807) is 6.92 Å². The minimum absolute atomic E-state index is 0.0674. The summed E-state index contributed by atoms with van der Waals surface area (Å²) in [6.45, 7) is 1.62. The van der Waals surface area contributed by atoms with Crippen LogP contribution in [-0.2, 0) is 14.8 Å². The van der Waals surface area contributed by atoms with Gasteiger partial charge in [-0.15, -0.1) is 0 Å². The van der Waals surface area contributed by atoms with Crippen molar-refractivity contribution in [1.29, 1.82) is 0 Å². The third-order valence-corrected chi connectivity index (χ3v) is 5.16. The molecule has 0 fully saturated rings. The summed E-state index contributed by atoms with van der Waals surface area (Å²) in [6.07, 6.45) is 0.158. The van der Waals surface area contributed by atoms with Crippen LogP contribution >= 0.6 is 22.9 Å². The van der Waals surface area contributed by atoms with E-state index in [-0.39, 0.29) is 28.1 Å². The summed E-state index contributed by atoms with van der Waals surface area (Å²) in [7, 11) is -3.64. The molecule has 6 nitrogen and oxygen atoms in total.